The van der Waals surface area contributed by atoms with Crippen LogP contribution < -0.4 is 0 Å². The second kappa shape index (κ2) is 37.5. The van der Waals surface area contributed by atoms with Gasteiger partial charge in [0.25, 0.3) is 0 Å². The highest BCUT2D eigenvalue weighted by molar-refractivity contribution is 8.22. The van der Waals surface area contributed by atoms with Crippen LogP contribution in [0.5, 0.6) is 0 Å². The van der Waals surface area contributed by atoms with Crippen molar-refractivity contribution in [1.82, 2.24) is 0 Å². The number of rotatable bonds is 34. The van der Waals surface area contributed by atoms with E-state index in [4.69, 9.17) is 0 Å². The highest BCUT2D eigenvalue weighted by Gasteiger charge is 2.39. The van der Waals surface area contributed by atoms with Gasteiger partial charge in [-0.15, -0.1) is 69.7 Å². The average Bonchev–Trinajstić information content (AvgIpc) is 1.55. The van der Waals surface area contributed by atoms with Crippen molar-refractivity contribution < 1.29 is 9.59 Å². The number of nitriles is 4. The average molecular weight is 1520 g/mol. The van der Waals surface area contributed by atoms with Crippen LogP contribution in [0.2, 0.25) is 0 Å². The predicted octanol–water partition coefficient (Wildman–Crippen LogP) is 27.6. The third-order valence-corrected chi connectivity index (χ3v) is 28.3. The quantitative estimate of drug-likeness (QED) is 0.0218. The molecule has 12 heteroatoms. The molecule has 6 nitrogen and oxygen atoms in total. The van der Waals surface area contributed by atoms with Crippen LogP contribution in [0.25, 0.3) is 55.3 Å². The van der Waals surface area contributed by atoms with Crippen molar-refractivity contribution in [1.29, 1.82) is 21.0 Å². The number of Topliss-reactive ketones (excluding diaryl/α,β-unsaturated/α-hetero) is 2. The first-order valence-corrected chi connectivity index (χ1v) is 44.2. The maximum Gasteiger partial charge on any atom is 0.194 e. The molecule has 4 aliphatic carbocycles. The van der Waals surface area contributed by atoms with Crippen LogP contribution in [0.4, 0.5) is 0 Å². The molecule has 0 bridgehead atoms. The van der Waals surface area contributed by atoms with Gasteiger partial charge in [-0.3, -0.25) is 9.59 Å². The summed E-state index contributed by atoms with van der Waals surface area (Å²) in [6, 6.07) is 69.5. The van der Waals surface area contributed by atoms with E-state index in [9.17, 15) is 30.6 Å². The first-order valence-electron chi connectivity index (χ1n) is 38.7. The molecule has 542 valence electrons. The summed E-state index contributed by atoms with van der Waals surface area (Å²) >= 11 is 10.8. The van der Waals surface area contributed by atoms with Gasteiger partial charge in [0.2, 0.25) is 0 Å². The van der Waals surface area contributed by atoms with E-state index < -0.39 is 0 Å². The molecule has 0 atom stereocenters. The van der Waals surface area contributed by atoms with Crippen molar-refractivity contribution in [2.45, 2.75) is 179 Å². The van der Waals surface area contributed by atoms with E-state index in [0.717, 1.165) is 113 Å². The Morgan fingerprint density at radius 1 is 0.315 bits per heavy atom. The molecule has 9 aromatic rings. The normalized spacial score (nSPS) is 13.6. The third-order valence-electron chi connectivity index (χ3n) is 20.9. The van der Waals surface area contributed by atoms with Crippen LogP contribution in [0.1, 0.15) is 239 Å². The molecule has 13 rings (SSSR count). The number of fused-ring (bicyclic) bond motifs is 8. The SMILES string of the molecule is CCCCCCc1ccc(CSC(SCc2ccc(CCCCCC)cc2)=C2c3cc4c(cc3-c3sc(/C=C5\C(=O)c6ccccc6C5=C(C#N)C#N)cc32)C(=C(SCc2ccc(CCCCCC)cc2)SCc2ccc(CCCCCC)cc2)c2cc(/C=C3\C(=O)c5ccccc5C3=C(C#N)C#N)sc2-4)cc1. The highest BCUT2D eigenvalue weighted by atomic mass is 32.2. The van der Waals surface area contributed by atoms with Crippen molar-refractivity contribution in [3.63, 3.8) is 0 Å². The first-order chi connectivity index (χ1) is 53.0. The van der Waals surface area contributed by atoms with Gasteiger partial charge < -0.3 is 0 Å². The maximum absolute atomic E-state index is 14.7. The predicted molar refractivity (Wildman–Crippen MR) is 461 cm³/mol. The number of unbranched alkanes of at least 4 members (excludes halogenated alkanes) is 12. The molecular weight excluding hydrogens is 1430 g/mol. The zero-order valence-electron chi connectivity index (χ0n) is 62.3. The van der Waals surface area contributed by atoms with E-state index in [1.165, 1.54) is 156 Å². The minimum atomic E-state index is -0.211. The summed E-state index contributed by atoms with van der Waals surface area (Å²) in [6.45, 7) is 9.04. The number of hydrogen-bond donors (Lipinski definition) is 0. The van der Waals surface area contributed by atoms with Crippen LogP contribution in [-0.4, -0.2) is 11.6 Å². The smallest absolute Gasteiger partial charge is 0.194 e. The fraction of sp³-hybridized carbons (Fsp3) is 0.292. The summed E-state index contributed by atoms with van der Waals surface area (Å²) in [7, 11) is 0. The van der Waals surface area contributed by atoms with Crippen LogP contribution in [0.3, 0.4) is 0 Å². The number of carbonyl (C=O) groups excluding carboxylic acids is 2. The summed E-state index contributed by atoms with van der Waals surface area (Å²) in [6.07, 6.45) is 27.5. The highest BCUT2D eigenvalue weighted by Crippen LogP contribution is 2.61. The minimum Gasteiger partial charge on any atom is -0.289 e. The zero-order chi connectivity index (χ0) is 74.9. The van der Waals surface area contributed by atoms with Gasteiger partial charge in [-0.1, -0.05) is 250 Å². The molecule has 2 heterocycles. The van der Waals surface area contributed by atoms with Gasteiger partial charge in [-0.05, 0) is 155 Å². The van der Waals surface area contributed by atoms with E-state index in [1.807, 2.05) is 95.6 Å². The molecule has 4 aliphatic rings. The van der Waals surface area contributed by atoms with E-state index in [2.05, 4.69) is 173 Å². The number of carbonyl (C=O) groups is 2. The Morgan fingerprint density at radius 3 is 0.870 bits per heavy atom. The summed E-state index contributed by atoms with van der Waals surface area (Å²) in [4.78, 5) is 33.4. The van der Waals surface area contributed by atoms with Crippen LogP contribution in [0, 0.1) is 45.3 Å². The lowest BCUT2D eigenvalue weighted by molar-refractivity contribution is 0.103. The molecule has 0 amide bonds. The molecule has 0 N–H and O–H groups in total. The summed E-state index contributed by atoms with van der Waals surface area (Å²) in [5.41, 5.74) is 22.6. The molecule has 0 saturated heterocycles. The fourth-order valence-corrected chi connectivity index (χ4v) is 22.1. The Morgan fingerprint density at radius 2 is 0.593 bits per heavy atom. The van der Waals surface area contributed by atoms with Crippen molar-refractivity contribution in [2.75, 3.05) is 0 Å². The van der Waals surface area contributed by atoms with Gasteiger partial charge in [0, 0.05) is 118 Å². The molecule has 2 aromatic heterocycles. The number of allylic oxidation sites excluding steroid dienone is 6. The number of hydrogen-bond acceptors (Lipinski definition) is 12. The number of benzene rings is 7. The van der Waals surface area contributed by atoms with E-state index >= 15 is 0 Å². The first kappa shape index (κ1) is 77.2. The van der Waals surface area contributed by atoms with Crippen molar-refractivity contribution >= 4 is 116 Å². The lowest BCUT2D eigenvalue weighted by Gasteiger charge is -2.16. The Hall–Kier alpha value is -8.92. The van der Waals surface area contributed by atoms with Crippen LogP contribution in [-0.2, 0) is 48.7 Å². The maximum atomic E-state index is 14.7. The largest absolute Gasteiger partial charge is 0.289 e. The van der Waals surface area contributed by atoms with E-state index in [1.54, 1.807) is 34.8 Å². The summed E-state index contributed by atoms with van der Waals surface area (Å²) in [5, 5.41) is 42.0. The van der Waals surface area contributed by atoms with Crippen molar-refractivity contribution in [3.05, 3.63) is 299 Å². The lowest BCUT2D eigenvalue weighted by Crippen LogP contribution is -1.95. The monoisotopic (exact) mass is 1520 g/mol. The number of aryl methyl sites for hydroxylation is 4. The third kappa shape index (κ3) is 17.7. The van der Waals surface area contributed by atoms with Crippen molar-refractivity contribution in [3.8, 4) is 45.2 Å². The Labute approximate surface area is 664 Å². The number of thiophene rings is 2. The van der Waals surface area contributed by atoms with Crippen LogP contribution >= 0.6 is 69.7 Å². The van der Waals surface area contributed by atoms with Crippen LogP contribution in [0.15, 0.2) is 201 Å². The molecular formula is C96H90N4O2S6. The molecule has 0 saturated carbocycles. The van der Waals surface area contributed by atoms with Gasteiger partial charge in [0.05, 0.1) is 0 Å². The topological polar surface area (TPSA) is 129 Å². The molecule has 7 aromatic carbocycles. The fourth-order valence-electron chi connectivity index (χ4n) is 15.0. The number of thioether (sulfide) groups is 4. The lowest BCUT2D eigenvalue weighted by atomic mass is 9.98. The second-order valence-corrected chi connectivity index (χ2v) is 35.2. The standard InChI is InChI=1S/C96H90N4O2S6/c1-5-9-13-17-25-63-33-41-67(42-34-63)59-103-95(104-60-68-43-35-64(36-44-68)26-18-14-10-6-2)89-79-53-82-80(54-81(79)93-85(89)51-73(107-93)49-83-87(71(55-97)56-98)75-29-21-23-31-77(75)91(83)101)90(86-52-74(108-94(82)86)50-84-88(72(57-99)58-100)76-30-22-24-32-78(76)92(84)102)96(105-61-69-45-37-65(38-46-69)27-19-15-11-7-3)106-62-70-47-39-66(40-48-70)28-20-16-12-8-4/h21-24,29-54H,5-20,25-28,59-62H2,1-4H3/b83-49-,84-50-. The Kier molecular flexibility index (Phi) is 26.8. The van der Waals surface area contributed by atoms with E-state index in [-0.39, 0.29) is 22.7 Å². The summed E-state index contributed by atoms with van der Waals surface area (Å²) < 4.78 is 2.36. The van der Waals surface area contributed by atoms with Gasteiger partial charge in [0.1, 0.15) is 35.4 Å². The summed E-state index contributed by atoms with van der Waals surface area (Å²) in [5.74, 6) is 2.52. The van der Waals surface area contributed by atoms with Crippen molar-refractivity contribution in [2.24, 2.45) is 0 Å². The number of nitrogens with zero attached hydrogens (tertiary/aromatic N) is 4. The molecule has 108 heavy (non-hydrogen) atoms. The Balaban J connectivity index is 1.01. The van der Waals surface area contributed by atoms with Gasteiger partial charge in [-0.25, -0.2) is 0 Å². The number of ketones is 2. The molecule has 0 unspecified atom stereocenters. The van der Waals surface area contributed by atoms with Gasteiger partial charge in [-0.2, -0.15) is 21.0 Å². The zero-order valence-corrected chi connectivity index (χ0v) is 67.2. The molecule has 0 fully saturated rings. The minimum absolute atomic E-state index is 0.0949. The molecule has 0 spiro atoms. The second-order valence-electron chi connectivity index (χ2n) is 28.5. The van der Waals surface area contributed by atoms with E-state index in [0.29, 0.717) is 44.5 Å². The molecule has 0 radical (unpaired) electrons. The molecule has 0 aliphatic heterocycles. The van der Waals surface area contributed by atoms with Gasteiger partial charge in [0.15, 0.2) is 11.6 Å². The Bertz CT molecular complexity index is 4740. The van der Waals surface area contributed by atoms with Gasteiger partial charge >= 0.3 is 0 Å².